The van der Waals surface area contributed by atoms with Crippen LogP contribution in [-0.4, -0.2) is 50.9 Å². The van der Waals surface area contributed by atoms with E-state index in [9.17, 15) is 19.5 Å². The van der Waals surface area contributed by atoms with Gasteiger partial charge in [0.05, 0.1) is 12.1 Å². The molecule has 1 aromatic carbocycles. The van der Waals surface area contributed by atoms with Crippen molar-refractivity contribution in [2.75, 3.05) is 0 Å². The van der Waals surface area contributed by atoms with Gasteiger partial charge in [0, 0.05) is 23.5 Å². The van der Waals surface area contributed by atoms with E-state index in [1.165, 1.54) is 0 Å². The van der Waals surface area contributed by atoms with E-state index in [0.29, 0.717) is 5.56 Å². The number of hydrogen-bond acceptors (Lipinski definition) is 5. The van der Waals surface area contributed by atoms with Crippen LogP contribution in [0.15, 0.2) is 30.5 Å². The Balaban J connectivity index is 2.49. The van der Waals surface area contributed by atoms with Gasteiger partial charge in [-0.25, -0.2) is 4.79 Å². The van der Waals surface area contributed by atoms with Crippen molar-refractivity contribution in [3.63, 3.8) is 0 Å². The molecule has 2 amide bonds. The SMILES string of the molecule is CC(C)C(N)C(=O)N(C(=O)C(N)C(C)C)C(Cc1c[nH]c2ccccc12)C(=O)O. The molecule has 158 valence electrons. The number of carboxylic acids is 1. The van der Waals surface area contributed by atoms with Gasteiger partial charge in [-0.1, -0.05) is 45.9 Å². The summed E-state index contributed by atoms with van der Waals surface area (Å²) >= 11 is 0. The van der Waals surface area contributed by atoms with Crippen LogP contribution in [0, 0.1) is 11.8 Å². The van der Waals surface area contributed by atoms with Crippen LogP contribution in [0.2, 0.25) is 0 Å². The summed E-state index contributed by atoms with van der Waals surface area (Å²) < 4.78 is 0. The molecule has 6 N–H and O–H groups in total. The fourth-order valence-electron chi connectivity index (χ4n) is 3.11. The normalized spacial score (nSPS) is 14.8. The van der Waals surface area contributed by atoms with Crippen molar-refractivity contribution in [3.8, 4) is 0 Å². The van der Waals surface area contributed by atoms with Gasteiger partial charge in [-0.05, 0) is 23.5 Å². The summed E-state index contributed by atoms with van der Waals surface area (Å²) in [5.41, 5.74) is 13.5. The minimum Gasteiger partial charge on any atom is -0.480 e. The highest BCUT2D eigenvalue weighted by molar-refractivity contribution is 6.03. The molecule has 0 saturated heterocycles. The van der Waals surface area contributed by atoms with Crippen LogP contribution in [0.3, 0.4) is 0 Å². The van der Waals surface area contributed by atoms with Crippen molar-refractivity contribution < 1.29 is 19.5 Å². The van der Waals surface area contributed by atoms with E-state index >= 15 is 0 Å². The molecule has 0 spiro atoms. The molecule has 0 fully saturated rings. The highest BCUT2D eigenvalue weighted by Gasteiger charge is 2.40. The predicted octanol–water partition coefficient (Wildman–Crippen LogP) is 1.49. The summed E-state index contributed by atoms with van der Waals surface area (Å²) in [6, 6.07) is 3.99. The average Bonchev–Trinajstić information content (AvgIpc) is 3.08. The fraction of sp³-hybridized carbons (Fsp3) is 0.476. The number of nitrogens with zero attached hydrogens (tertiary/aromatic N) is 1. The van der Waals surface area contributed by atoms with Gasteiger partial charge in [-0.2, -0.15) is 0 Å². The van der Waals surface area contributed by atoms with E-state index in [0.717, 1.165) is 15.8 Å². The summed E-state index contributed by atoms with van der Waals surface area (Å²) in [6.45, 7) is 6.96. The molecule has 1 heterocycles. The molecule has 0 radical (unpaired) electrons. The van der Waals surface area contributed by atoms with Crippen LogP contribution < -0.4 is 11.5 Å². The lowest BCUT2D eigenvalue weighted by atomic mass is 9.97. The summed E-state index contributed by atoms with van der Waals surface area (Å²) in [7, 11) is 0. The first-order valence-electron chi connectivity index (χ1n) is 9.72. The van der Waals surface area contributed by atoms with E-state index in [1.54, 1.807) is 33.9 Å². The predicted molar refractivity (Wildman–Crippen MR) is 111 cm³/mol. The van der Waals surface area contributed by atoms with Crippen molar-refractivity contribution >= 4 is 28.7 Å². The van der Waals surface area contributed by atoms with Crippen molar-refractivity contribution in [1.82, 2.24) is 9.88 Å². The first kappa shape index (κ1) is 22.6. The number of aromatic nitrogens is 1. The van der Waals surface area contributed by atoms with Gasteiger partial charge < -0.3 is 21.6 Å². The number of rotatable bonds is 8. The van der Waals surface area contributed by atoms with Crippen molar-refractivity contribution in [1.29, 1.82) is 0 Å². The maximum Gasteiger partial charge on any atom is 0.327 e. The van der Waals surface area contributed by atoms with E-state index in [2.05, 4.69) is 4.98 Å². The molecular formula is C21H30N4O4. The Kier molecular flexibility index (Phi) is 7.16. The van der Waals surface area contributed by atoms with Crippen LogP contribution in [0.1, 0.15) is 33.3 Å². The maximum atomic E-state index is 13.0. The van der Waals surface area contributed by atoms with Gasteiger partial charge in [0.2, 0.25) is 11.8 Å². The van der Waals surface area contributed by atoms with Crippen LogP contribution in [-0.2, 0) is 20.8 Å². The summed E-state index contributed by atoms with van der Waals surface area (Å²) in [6.07, 6.45) is 1.64. The molecule has 2 aromatic rings. The third kappa shape index (κ3) is 4.83. The van der Waals surface area contributed by atoms with Gasteiger partial charge in [0.15, 0.2) is 0 Å². The van der Waals surface area contributed by atoms with E-state index < -0.39 is 35.9 Å². The monoisotopic (exact) mass is 402 g/mol. The number of aliphatic carboxylic acids is 1. The lowest BCUT2D eigenvalue weighted by Crippen LogP contribution is -2.60. The third-order valence-corrected chi connectivity index (χ3v) is 5.17. The zero-order chi connectivity index (χ0) is 21.9. The topological polar surface area (TPSA) is 143 Å². The second-order valence-corrected chi connectivity index (χ2v) is 8.00. The van der Waals surface area contributed by atoms with Gasteiger partial charge in [-0.3, -0.25) is 14.5 Å². The first-order chi connectivity index (χ1) is 13.6. The first-order valence-corrected chi connectivity index (χ1v) is 9.72. The summed E-state index contributed by atoms with van der Waals surface area (Å²) in [5, 5.41) is 10.7. The Morgan fingerprint density at radius 2 is 1.52 bits per heavy atom. The number of carbonyl (C=O) groups is 3. The van der Waals surface area contributed by atoms with E-state index in [-0.39, 0.29) is 18.3 Å². The molecule has 0 saturated carbocycles. The average molecular weight is 402 g/mol. The van der Waals surface area contributed by atoms with Gasteiger partial charge >= 0.3 is 5.97 Å². The second-order valence-electron chi connectivity index (χ2n) is 8.00. The molecule has 29 heavy (non-hydrogen) atoms. The number of nitrogens with two attached hydrogens (primary N) is 2. The van der Waals surface area contributed by atoms with Crippen LogP contribution >= 0.6 is 0 Å². The number of para-hydroxylation sites is 1. The molecule has 3 atom stereocenters. The second kappa shape index (κ2) is 9.19. The number of benzene rings is 1. The number of aromatic amines is 1. The smallest absolute Gasteiger partial charge is 0.327 e. The number of carbonyl (C=O) groups excluding carboxylic acids is 2. The van der Waals surface area contributed by atoms with E-state index in [1.807, 2.05) is 24.3 Å². The zero-order valence-electron chi connectivity index (χ0n) is 17.3. The highest BCUT2D eigenvalue weighted by Crippen LogP contribution is 2.22. The third-order valence-electron chi connectivity index (χ3n) is 5.17. The lowest BCUT2D eigenvalue weighted by molar-refractivity contribution is -0.160. The van der Waals surface area contributed by atoms with E-state index in [4.69, 9.17) is 11.5 Å². The Labute approximate surface area is 170 Å². The molecule has 0 bridgehead atoms. The van der Waals surface area contributed by atoms with Crippen molar-refractivity contribution in [2.24, 2.45) is 23.3 Å². The van der Waals surface area contributed by atoms with Gasteiger partial charge in [0.25, 0.3) is 0 Å². The molecule has 8 heteroatoms. The number of hydrogen-bond donors (Lipinski definition) is 4. The highest BCUT2D eigenvalue weighted by atomic mass is 16.4. The molecule has 8 nitrogen and oxygen atoms in total. The zero-order valence-corrected chi connectivity index (χ0v) is 17.3. The number of nitrogens with one attached hydrogen (secondary N) is 1. The number of H-pyrrole nitrogens is 1. The van der Waals surface area contributed by atoms with Crippen LogP contribution in [0.5, 0.6) is 0 Å². The molecule has 0 aliphatic carbocycles. The van der Waals surface area contributed by atoms with Crippen molar-refractivity contribution in [3.05, 3.63) is 36.0 Å². The van der Waals surface area contributed by atoms with Crippen LogP contribution in [0.25, 0.3) is 10.9 Å². The van der Waals surface area contributed by atoms with Crippen LogP contribution in [0.4, 0.5) is 0 Å². The molecule has 0 aliphatic rings. The largest absolute Gasteiger partial charge is 0.480 e. The van der Waals surface area contributed by atoms with Gasteiger partial charge in [-0.15, -0.1) is 0 Å². The molecular weight excluding hydrogens is 372 g/mol. The quantitative estimate of drug-likeness (QED) is 0.527. The maximum absolute atomic E-state index is 13.0. The Hall–Kier alpha value is -2.71. The summed E-state index contributed by atoms with van der Waals surface area (Å²) in [5.74, 6) is -3.28. The fourth-order valence-corrected chi connectivity index (χ4v) is 3.11. The molecule has 0 aliphatic heterocycles. The number of carboxylic acid groups (broad SMARTS) is 1. The minimum absolute atomic E-state index is 0.0491. The van der Waals surface area contributed by atoms with Crippen molar-refractivity contribution in [2.45, 2.75) is 52.2 Å². The number of amides is 2. The number of fused-ring (bicyclic) bond motifs is 1. The standard InChI is InChI=1S/C21H30N4O4/c1-11(2)17(22)19(26)25(20(27)18(23)12(3)4)16(21(28)29)9-13-10-24-15-8-6-5-7-14(13)15/h5-8,10-12,16-18,24H,9,22-23H2,1-4H3,(H,28,29). The Morgan fingerprint density at radius 3 is 2.00 bits per heavy atom. The Morgan fingerprint density at radius 1 is 1.00 bits per heavy atom. The number of imide groups is 1. The minimum atomic E-state index is -1.41. The summed E-state index contributed by atoms with van der Waals surface area (Å²) in [4.78, 5) is 42.1. The lowest BCUT2D eigenvalue weighted by Gasteiger charge is -2.33. The molecule has 1 aromatic heterocycles. The molecule has 2 rings (SSSR count). The Bertz CT molecular complexity index is 864. The molecule has 3 unspecified atom stereocenters. The van der Waals surface area contributed by atoms with Gasteiger partial charge in [0.1, 0.15) is 6.04 Å².